The van der Waals surface area contributed by atoms with E-state index in [9.17, 15) is 0 Å². The Morgan fingerprint density at radius 3 is 2.62 bits per heavy atom. The van der Waals surface area contributed by atoms with E-state index in [1.165, 1.54) is 4.88 Å². The molecule has 2 aromatic rings. The molecule has 0 aliphatic carbocycles. The van der Waals surface area contributed by atoms with Crippen LogP contribution in [0, 0.1) is 6.92 Å². The first-order valence-corrected chi connectivity index (χ1v) is 6.89. The van der Waals surface area contributed by atoms with Crippen LogP contribution in [0.4, 0.5) is 0 Å². The molecule has 1 unspecified atom stereocenters. The van der Waals surface area contributed by atoms with E-state index in [2.05, 4.69) is 34.3 Å². The van der Waals surface area contributed by atoms with Gasteiger partial charge in [-0.15, -0.1) is 11.3 Å². The summed E-state index contributed by atoms with van der Waals surface area (Å²) in [5.74, 6) is 0. The van der Waals surface area contributed by atoms with Crippen molar-refractivity contribution in [1.82, 2.24) is 0 Å². The molecule has 1 nitrogen and oxygen atoms in total. The molecule has 16 heavy (non-hydrogen) atoms. The summed E-state index contributed by atoms with van der Waals surface area (Å²) >= 11 is 11.3. The van der Waals surface area contributed by atoms with Crippen LogP contribution < -0.4 is 5.73 Å². The third-order valence-electron chi connectivity index (χ3n) is 2.53. The highest BCUT2D eigenvalue weighted by molar-refractivity contribution is 9.10. The number of aryl methyl sites for hydroxylation is 1. The Kier molecular flexibility index (Phi) is 3.70. The lowest BCUT2D eigenvalue weighted by molar-refractivity contribution is 0.869. The third kappa shape index (κ3) is 2.33. The summed E-state index contributed by atoms with van der Waals surface area (Å²) in [6.45, 7) is 2.08. The molecule has 0 aliphatic rings. The summed E-state index contributed by atoms with van der Waals surface area (Å²) in [4.78, 5) is 1.24. The molecule has 1 aromatic heterocycles. The number of benzene rings is 1. The number of halogens is 2. The minimum absolute atomic E-state index is 0.146. The molecule has 84 valence electrons. The van der Waals surface area contributed by atoms with Crippen LogP contribution in [-0.4, -0.2) is 0 Å². The Balaban J connectivity index is 2.41. The van der Waals surface area contributed by atoms with E-state index in [4.69, 9.17) is 17.3 Å². The summed E-state index contributed by atoms with van der Waals surface area (Å²) in [7, 11) is 0. The molecule has 0 amide bonds. The van der Waals surface area contributed by atoms with E-state index in [1.54, 1.807) is 11.3 Å². The van der Waals surface area contributed by atoms with Gasteiger partial charge in [0.15, 0.2) is 0 Å². The van der Waals surface area contributed by atoms with Crippen LogP contribution in [0.1, 0.15) is 22.0 Å². The Morgan fingerprint density at radius 2 is 2.06 bits per heavy atom. The van der Waals surface area contributed by atoms with Gasteiger partial charge in [0.1, 0.15) is 0 Å². The van der Waals surface area contributed by atoms with Gasteiger partial charge in [-0.1, -0.05) is 33.6 Å². The Hall–Kier alpha value is -0.350. The zero-order valence-electron chi connectivity index (χ0n) is 8.71. The van der Waals surface area contributed by atoms with Crippen LogP contribution in [0.3, 0.4) is 0 Å². The zero-order valence-corrected chi connectivity index (χ0v) is 11.9. The van der Waals surface area contributed by atoms with Crippen molar-refractivity contribution in [3.63, 3.8) is 0 Å². The number of thiophene rings is 1. The molecular weight excluding hydrogens is 306 g/mol. The molecule has 0 saturated heterocycles. The van der Waals surface area contributed by atoms with E-state index in [0.717, 1.165) is 15.6 Å². The van der Waals surface area contributed by atoms with E-state index < -0.39 is 0 Å². The molecule has 0 radical (unpaired) electrons. The zero-order chi connectivity index (χ0) is 11.7. The third-order valence-corrected chi connectivity index (χ3v) is 4.21. The van der Waals surface area contributed by atoms with Gasteiger partial charge in [-0.2, -0.15) is 0 Å². The van der Waals surface area contributed by atoms with Gasteiger partial charge >= 0.3 is 0 Å². The smallest absolute Gasteiger partial charge is 0.0577 e. The van der Waals surface area contributed by atoms with Crippen LogP contribution in [-0.2, 0) is 0 Å². The lowest BCUT2D eigenvalue weighted by atomic mass is 10.0. The second kappa shape index (κ2) is 4.88. The predicted molar refractivity (Wildman–Crippen MR) is 74.2 cm³/mol. The number of hydrogen-bond donors (Lipinski definition) is 1. The lowest BCUT2D eigenvalue weighted by Crippen LogP contribution is -2.12. The highest BCUT2D eigenvalue weighted by Gasteiger charge is 2.15. The van der Waals surface area contributed by atoms with Gasteiger partial charge in [0.05, 0.1) is 6.04 Å². The van der Waals surface area contributed by atoms with Crippen molar-refractivity contribution in [1.29, 1.82) is 0 Å². The average Bonchev–Trinajstić information content (AvgIpc) is 2.63. The van der Waals surface area contributed by atoms with Crippen molar-refractivity contribution in [2.24, 2.45) is 5.73 Å². The van der Waals surface area contributed by atoms with Gasteiger partial charge < -0.3 is 5.73 Å². The maximum atomic E-state index is 6.22. The molecule has 0 fully saturated rings. The molecule has 1 aromatic carbocycles. The fourth-order valence-corrected chi connectivity index (χ4v) is 3.18. The highest BCUT2D eigenvalue weighted by atomic mass is 79.9. The van der Waals surface area contributed by atoms with Crippen LogP contribution in [0.25, 0.3) is 0 Å². The molecule has 2 rings (SSSR count). The number of hydrogen-bond acceptors (Lipinski definition) is 2. The van der Waals surface area contributed by atoms with E-state index >= 15 is 0 Å². The van der Waals surface area contributed by atoms with Gasteiger partial charge in [0.25, 0.3) is 0 Å². The average molecular weight is 317 g/mol. The molecule has 0 spiro atoms. The van der Waals surface area contributed by atoms with Gasteiger partial charge in [0.2, 0.25) is 0 Å². The SMILES string of the molecule is Cc1sccc1C(N)c1ccc(Br)cc1Cl. The Labute approximate surface area is 112 Å². The van der Waals surface area contributed by atoms with Gasteiger partial charge in [-0.3, -0.25) is 0 Å². The lowest BCUT2D eigenvalue weighted by Gasteiger charge is -2.14. The monoisotopic (exact) mass is 315 g/mol. The van der Waals surface area contributed by atoms with Crippen molar-refractivity contribution in [3.05, 3.63) is 55.1 Å². The van der Waals surface area contributed by atoms with E-state index in [1.807, 2.05) is 18.2 Å². The number of nitrogens with two attached hydrogens (primary N) is 1. The molecular formula is C12H11BrClNS. The maximum Gasteiger partial charge on any atom is 0.0577 e. The van der Waals surface area contributed by atoms with E-state index in [0.29, 0.717) is 5.02 Å². The van der Waals surface area contributed by atoms with Crippen LogP contribution >= 0.6 is 38.9 Å². The summed E-state index contributed by atoms with van der Waals surface area (Å²) < 4.78 is 0.968. The van der Waals surface area contributed by atoms with Crippen molar-refractivity contribution in [2.75, 3.05) is 0 Å². The van der Waals surface area contributed by atoms with Gasteiger partial charge in [-0.25, -0.2) is 0 Å². The van der Waals surface area contributed by atoms with Crippen molar-refractivity contribution in [3.8, 4) is 0 Å². The summed E-state index contributed by atoms with van der Waals surface area (Å²) in [5.41, 5.74) is 8.33. The molecule has 2 N–H and O–H groups in total. The molecule has 4 heteroatoms. The summed E-state index contributed by atoms with van der Waals surface area (Å²) in [6.07, 6.45) is 0. The fourth-order valence-electron chi connectivity index (χ4n) is 1.64. The minimum Gasteiger partial charge on any atom is -0.320 e. The van der Waals surface area contributed by atoms with Gasteiger partial charge in [-0.05, 0) is 41.6 Å². The van der Waals surface area contributed by atoms with Crippen LogP contribution in [0.2, 0.25) is 5.02 Å². The highest BCUT2D eigenvalue weighted by Crippen LogP contribution is 2.31. The molecule has 0 aliphatic heterocycles. The minimum atomic E-state index is -0.146. The Bertz CT molecular complexity index is 509. The normalized spacial score (nSPS) is 12.8. The number of rotatable bonds is 2. The second-order valence-electron chi connectivity index (χ2n) is 3.58. The molecule has 0 saturated carbocycles. The fraction of sp³-hybridized carbons (Fsp3) is 0.167. The van der Waals surface area contributed by atoms with Gasteiger partial charge in [0, 0.05) is 14.4 Å². The second-order valence-corrected chi connectivity index (χ2v) is 6.02. The summed E-state index contributed by atoms with van der Waals surface area (Å²) in [6, 6.07) is 7.71. The van der Waals surface area contributed by atoms with Crippen LogP contribution in [0.5, 0.6) is 0 Å². The quantitative estimate of drug-likeness (QED) is 0.866. The largest absolute Gasteiger partial charge is 0.320 e. The first-order valence-electron chi connectivity index (χ1n) is 4.84. The van der Waals surface area contributed by atoms with Crippen molar-refractivity contribution >= 4 is 38.9 Å². The Morgan fingerprint density at radius 1 is 1.31 bits per heavy atom. The maximum absolute atomic E-state index is 6.22. The predicted octanol–water partition coefficient (Wildman–Crippen LogP) is 4.52. The van der Waals surface area contributed by atoms with Crippen LogP contribution in [0.15, 0.2) is 34.1 Å². The first-order chi connectivity index (χ1) is 7.59. The van der Waals surface area contributed by atoms with E-state index in [-0.39, 0.29) is 6.04 Å². The standard InChI is InChI=1S/C12H11BrClNS/c1-7-9(4-5-16-7)12(15)10-3-2-8(13)6-11(10)14/h2-6,12H,15H2,1H3. The molecule has 1 atom stereocenters. The summed E-state index contributed by atoms with van der Waals surface area (Å²) in [5, 5.41) is 2.75. The first kappa shape index (κ1) is 12.1. The molecule has 1 heterocycles. The van der Waals surface area contributed by atoms with Crippen molar-refractivity contribution < 1.29 is 0 Å². The van der Waals surface area contributed by atoms with Crippen molar-refractivity contribution in [2.45, 2.75) is 13.0 Å². The molecule has 0 bridgehead atoms. The topological polar surface area (TPSA) is 26.0 Å².